The van der Waals surface area contributed by atoms with E-state index in [0.717, 1.165) is 23.8 Å². The van der Waals surface area contributed by atoms with Gasteiger partial charge in [-0.15, -0.1) is 0 Å². The van der Waals surface area contributed by atoms with Gasteiger partial charge in [0.25, 0.3) is 0 Å². The van der Waals surface area contributed by atoms with Gasteiger partial charge in [-0.3, -0.25) is 0 Å². The van der Waals surface area contributed by atoms with Crippen LogP contribution < -0.4 is 0 Å². The quantitative estimate of drug-likeness (QED) is 0.423. The molecule has 1 heteroatoms. The fourth-order valence-corrected chi connectivity index (χ4v) is 4.28. The Kier molecular flexibility index (Phi) is 8.12. The number of benzene rings is 1. The maximum atomic E-state index is 13.3. The summed E-state index contributed by atoms with van der Waals surface area (Å²) in [5, 5.41) is 0. The number of hydrogen-bond donors (Lipinski definition) is 0. The van der Waals surface area contributed by atoms with Crippen LogP contribution in [0.25, 0.3) is 0 Å². The van der Waals surface area contributed by atoms with Gasteiger partial charge < -0.3 is 0 Å². The largest absolute Gasteiger partial charge is 0.207 e. The summed E-state index contributed by atoms with van der Waals surface area (Å²) < 4.78 is 13.3. The standard InChI is InChI=1S/C22H35F/c1-3-4-5-6-7-9-19-12-14-21(15-13-19)18(2)16-20-10-8-11-22(23)17-20/h8,10-11,17-19,21H,3-7,9,12-16H2,1-2H3. The molecule has 0 radical (unpaired) electrons. The maximum Gasteiger partial charge on any atom is 0.123 e. The van der Waals surface area contributed by atoms with Crippen LogP contribution in [0.15, 0.2) is 24.3 Å². The number of hydrogen-bond acceptors (Lipinski definition) is 0. The van der Waals surface area contributed by atoms with Crippen molar-refractivity contribution in [2.75, 3.05) is 0 Å². The van der Waals surface area contributed by atoms with E-state index in [0.29, 0.717) is 5.92 Å². The minimum absolute atomic E-state index is 0.0959. The number of unbranched alkanes of at least 4 members (excludes halogenated alkanes) is 4. The molecule has 1 atom stereocenters. The molecule has 0 saturated heterocycles. The lowest BCUT2D eigenvalue weighted by molar-refractivity contribution is 0.204. The van der Waals surface area contributed by atoms with E-state index in [1.807, 2.05) is 6.07 Å². The van der Waals surface area contributed by atoms with Gasteiger partial charge in [-0.05, 0) is 54.7 Å². The number of halogens is 1. The first-order valence-electron chi connectivity index (χ1n) is 9.93. The summed E-state index contributed by atoms with van der Waals surface area (Å²) in [6.07, 6.45) is 15.1. The monoisotopic (exact) mass is 318 g/mol. The van der Waals surface area contributed by atoms with Crippen LogP contribution in [0.1, 0.15) is 83.6 Å². The first-order valence-corrected chi connectivity index (χ1v) is 9.93. The highest BCUT2D eigenvalue weighted by molar-refractivity contribution is 5.16. The summed E-state index contributed by atoms with van der Waals surface area (Å²) >= 11 is 0. The molecule has 0 nitrogen and oxygen atoms in total. The second-order valence-electron chi connectivity index (χ2n) is 7.80. The fraction of sp³-hybridized carbons (Fsp3) is 0.727. The van der Waals surface area contributed by atoms with Gasteiger partial charge in [0.15, 0.2) is 0 Å². The summed E-state index contributed by atoms with van der Waals surface area (Å²) in [7, 11) is 0. The molecular weight excluding hydrogens is 283 g/mol. The molecule has 1 aliphatic rings. The van der Waals surface area contributed by atoms with Crippen LogP contribution in [-0.2, 0) is 6.42 Å². The van der Waals surface area contributed by atoms with E-state index in [9.17, 15) is 4.39 Å². The van der Waals surface area contributed by atoms with E-state index in [2.05, 4.69) is 19.9 Å². The minimum atomic E-state index is -0.0959. The molecule has 1 aromatic rings. The third-order valence-electron chi connectivity index (χ3n) is 5.86. The van der Waals surface area contributed by atoms with Crippen molar-refractivity contribution in [2.45, 2.75) is 84.5 Å². The van der Waals surface area contributed by atoms with E-state index >= 15 is 0 Å². The SMILES string of the molecule is CCCCCCCC1CCC(C(C)Cc2cccc(F)c2)CC1. The van der Waals surface area contributed by atoms with Gasteiger partial charge >= 0.3 is 0 Å². The summed E-state index contributed by atoms with van der Waals surface area (Å²) in [5.41, 5.74) is 1.16. The molecular formula is C22H35F. The van der Waals surface area contributed by atoms with E-state index in [1.165, 1.54) is 64.2 Å². The van der Waals surface area contributed by atoms with Crippen LogP contribution in [0.2, 0.25) is 0 Å². The molecule has 0 N–H and O–H groups in total. The van der Waals surface area contributed by atoms with Gasteiger partial charge in [-0.25, -0.2) is 4.39 Å². The predicted octanol–water partition coefficient (Wildman–Crippen LogP) is 7.17. The second kappa shape index (κ2) is 10.1. The molecule has 0 heterocycles. The van der Waals surface area contributed by atoms with Crippen LogP contribution in [0, 0.1) is 23.6 Å². The Morgan fingerprint density at radius 2 is 1.78 bits per heavy atom. The van der Waals surface area contributed by atoms with Crippen molar-refractivity contribution in [1.82, 2.24) is 0 Å². The summed E-state index contributed by atoms with van der Waals surface area (Å²) in [4.78, 5) is 0. The van der Waals surface area contributed by atoms with Crippen molar-refractivity contribution in [2.24, 2.45) is 17.8 Å². The zero-order valence-electron chi connectivity index (χ0n) is 15.2. The van der Waals surface area contributed by atoms with E-state index in [-0.39, 0.29) is 5.82 Å². The Balaban J connectivity index is 1.65. The van der Waals surface area contributed by atoms with Gasteiger partial charge in [0, 0.05) is 0 Å². The molecule has 1 unspecified atom stereocenters. The first-order chi connectivity index (χ1) is 11.2. The second-order valence-corrected chi connectivity index (χ2v) is 7.80. The molecule has 0 amide bonds. The van der Waals surface area contributed by atoms with Crippen LogP contribution in [0.4, 0.5) is 4.39 Å². The van der Waals surface area contributed by atoms with E-state index in [1.54, 1.807) is 12.1 Å². The lowest BCUT2D eigenvalue weighted by Crippen LogP contribution is -2.21. The van der Waals surface area contributed by atoms with Crippen LogP contribution >= 0.6 is 0 Å². The zero-order valence-corrected chi connectivity index (χ0v) is 15.2. The van der Waals surface area contributed by atoms with Crippen molar-refractivity contribution >= 4 is 0 Å². The molecule has 0 aromatic heterocycles. The molecule has 1 aromatic carbocycles. The van der Waals surface area contributed by atoms with Crippen LogP contribution in [-0.4, -0.2) is 0 Å². The van der Waals surface area contributed by atoms with Crippen molar-refractivity contribution in [3.05, 3.63) is 35.6 Å². The smallest absolute Gasteiger partial charge is 0.123 e. The number of rotatable bonds is 9. The van der Waals surface area contributed by atoms with Crippen molar-refractivity contribution < 1.29 is 4.39 Å². The lowest BCUT2D eigenvalue weighted by atomic mass is 9.73. The molecule has 2 rings (SSSR count). The summed E-state index contributed by atoms with van der Waals surface area (Å²) in [6.45, 7) is 4.65. The molecule has 130 valence electrons. The lowest BCUT2D eigenvalue weighted by Gasteiger charge is -2.32. The maximum absolute atomic E-state index is 13.3. The highest BCUT2D eigenvalue weighted by atomic mass is 19.1. The third-order valence-corrected chi connectivity index (χ3v) is 5.86. The Labute approximate surface area is 142 Å². The van der Waals surface area contributed by atoms with Crippen LogP contribution in [0.5, 0.6) is 0 Å². The molecule has 1 fully saturated rings. The van der Waals surface area contributed by atoms with Gasteiger partial charge in [-0.1, -0.05) is 77.3 Å². The van der Waals surface area contributed by atoms with Crippen molar-refractivity contribution in [3.8, 4) is 0 Å². The fourth-order valence-electron chi connectivity index (χ4n) is 4.28. The molecule has 1 aliphatic carbocycles. The van der Waals surface area contributed by atoms with Crippen LogP contribution in [0.3, 0.4) is 0 Å². The van der Waals surface area contributed by atoms with E-state index in [4.69, 9.17) is 0 Å². The molecule has 0 bridgehead atoms. The Morgan fingerprint density at radius 1 is 1.04 bits per heavy atom. The van der Waals surface area contributed by atoms with Crippen molar-refractivity contribution in [1.29, 1.82) is 0 Å². The average molecular weight is 319 g/mol. The molecule has 0 aliphatic heterocycles. The first kappa shape index (κ1) is 18.5. The van der Waals surface area contributed by atoms with Gasteiger partial charge in [-0.2, -0.15) is 0 Å². The normalized spacial score (nSPS) is 22.9. The Hall–Kier alpha value is -0.850. The van der Waals surface area contributed by atoms with E-state index < -0.39 is 0 Å². The Bertz CT molecular complexity index is 431. The molecule has 0 spiro atoms. The molecule has 1 saturated carbocycles. The Morgan fingerprint density at radius 3 is 2.48 bits per heavy atom. The zero-order chi connectivity index (χ0) is 16.5. The summed E-state index contributed by atoms with van der Waals surface area (Å²) in [5.74, 6) is 2.41. The molecule has 23 heavy (non-hydrogen) atoms. The van der Waals surface area contributed by atoms with Gasteiger partial charge in [0.05, 0.1) is 0 Å². The minimum Gasteiger partial charge on any atom is -0.207 e. The highest BCUT2D eigenvalue weighted by Crippen LogP contribution is 2.36. The van der Waals surface area contributed by atoms with Gasteiger partial charge in [0.1, 0.15) is 5.82 Å². The average Bonchev–Trinajstić information content (AvgIpc) is 2.55. The topological polar surface area (TPSA) is 0 Å². The van der Waals surface area contributed by atoms with Crippen molar-refractivity contribution in [3.63, 3.8) is 0 Å². The highest BCUT2D eigenvalue weighted by Gasteiger charge is 2.25. The predicted molar refractivity (Wildman–Crippen MR) is 98.1 cm³/mol. The van der Waals surface area contributed by atoms with Gasteiger partial charge in [0.2, 0.25) is 0 Å². The summed E-state index contributed by atoms with van der Waals surface area (Å²) in [6, 6.07) is 7.16. The third kappa shape index (κ3) is 6.65.